The van der Waals surface area contributed by atoms with E-state index >= 15 is 0 Å². The van der Waals surface area contributed by atoms with Crippen molar-refractivity contribution in [2.75, 3.05) is 18.2 Å². The molecule has 0 aliphatic carbocycles. The Hall–Kier alpha value is -2.61. The molecule has 0 radical (unpaired) electrons. The van der Waals surface area contributed by atoms with E-state index < -0.39 is 42.4 Å². The molecule has 1 aromatic carbocycles. The summed E-state index contributed by atoms with van der Waals surface area (Å²) in [6, 6.07) is 4.67. The summed E-state index contributed by atoms with van der Waals surface area (Å²) in [5.41, 5.74) is 4.23. The van der Waals surface area contributed by atoms with Gasteiger partial charge in [-0.2, -0.15) is 9.66 Å². The van der Waals surface area contributed by atoms with Gasteiger partial charge in [0.1, 0.15) is 18.3 Å². The van der Waals surface area contributed by atoms with Gasteiger partial charge >= 0.3 is 5.69 Å². The van der Waals surface area contributed by atoms with Crippen molar-refractivity contribution in [1.82, 2.24) is 18.8 Å². The third-order valence-electron chi connectivity index (χ3n) is 5.13. The number of rotatable bonds is 4. The van der Waals surface area contributed by atoms with Crippen LogP contribution in [0.5, 0.6) is 0 Å². The maximum atomic E-state index is 13.3. The minimum Gasteiger partial charge on any atom is -0.394 e. The SMILES string of the molecule is Nc1nc2c(c(=O)n1N)n(Cc1ccc(Cl)c(Cl)c1)c(=O)n2[C@@H]1O[C@H](CO)[C@@H](O)[C@H]1O. The van der Waals surface area contributed by atoms with E-state index in [9.17, 15) is 24.9 Å². The summed E-state index contributed by atoms with van der Waals surface area (Å²) in [7, 11) is 0. The number of imidazole rings is 1. The van der Waals surface area contributed by atoms with E-state index in [1.54, 1.807) is 6.07 Å². The number of nitrogens with two attached hydrogens (primary N) is 2. The number of hydrogen-bond acceptors (Lipinski definition) is 9. The number of anilines is 1. The molecule has 4 rings (SSSR count). The summed E-state index contributed by atoms with van der Waals surface area (Å²) < 4.78 is 8.00. The first-order valence-corrected chi connectivity index (χ1v) is 9.76. The second-order valence-corrected chi connectivity index (χ2v) is 7.85. The number of aliphatic hydroxyl groups is 3. The van der Waals surface area contributed by atoms with Gasteiger partial charge in [0.2, 0.25) is 5.95 Å². The molecule has 1 aliphatic heterocycles. The molecule has 0 bridgehead atoms. The summed E-state index contributed by atoms with van der Waals surface area (Å²) in [4.78, 5) is 30.2. The van der Waals surface area contributed by atoms with Crippen LogP contribution in [0.15, 0.2) is 27.8 Å². The van der Waals surface area contributed by atoms with Gasteiger partial charge in [-0.15, -0.1) is 0 Å². The average Bonchev–Trinajstić information content (AvgIpc) is 3.16. The van der Waals surface area contributed by atoms with Gasteiger partial charge in [0.25, 0.3) is 5.56 Å². The van der Waals surface area contributed by atoms with E-state index in [0.29, 0.717) is 15.3 Å². The molecule has 1 fully saturated rings. The fourth-order valence-corrected chi connectivity index (χ4v) is 3.86. The lowest BCUT2D eigenvalue weighted by Gasteiger charge is -2.16. The minimum atomic E-state index is -1.58. The lowest BCUT2D eigenvalue weighted by atomic mass is 10.1. The predicted molar refractivity (Wildman–Crippen MR) is 111 cm³/mol. The van der Waals surface area contributed by atoms with E-state index in [-0.39, 0.29) is 28.7 Å². The third kappa shape index (κ3) is 3.37. The number of nitrogen functional groups attached to an aromatic ring is 2. The molecule has 1 saturated heterocycles. The van der Waals surface area contributed by atoms with Gasteiger partial charge in [0.05, 0.1) is 23.2 Å². The van der Waals surface area contributed by atoms with Crippen LogP contribution in [0.2, 0.25) is 10.0 Å². The van der Waals surface area contributed by atoms with Gasteiger partial charge in [-0.05, 0) is 17.7 Å². The van der Waals surface area contributed by atoms with Crippen molar-refractivity contribution in [2.24, 2.45) is 0 Å². The molecule has 31 heavy (non-hydrogen) atoms. The maximum Gasteiger partial charge on any atom is 0.333 e. The number of hydrogen-bond donors (Lipinski definition) is 5. The summed E-state index contributed by atoms with van der Waals surface area (Å²) in [6.45, 7) is -0.717. The number of halogens is 2. The van der Waals surface area contributed by atoms with Crippen LogP contribution in [-0.2, 0) is 11.3 Å². The molecule has 14 heteroatoms. The van der Waals surface area contributed by atoms with Gasteiger partial charge in [-0.3, -0.25) is 9.36 Å². The van der Waals surface area contributed by atoms with E-state index in [1.807, 2.05) is 0 Å². The lowest BCUT2D eigenvalue weighted by molar-refractivity contribution is -0.0527. The van der Waals surface area contributed by atoms with Gasteiger partial charge in [0.15, 0.2) is 17.4 Å². The summed E-state index contributed by atoms with van der Waals surface area (Å²) in [5, 5.41) is 30.4. The van der Waals surface area contributed by atoms with Crippen LogP contribution < -0.4 is 22.8 Å². The number of nitrogens with zero attached hydrogens (tertiary/aromatic N) is 4. The van der Waals surface area contributed by atoms with Crippen LogP contribution in [0.1, 0.15) is 11.8 Å². The molecule has 2 aromatic heterocycles. The van der Waals surface area contributed by atoms with Crippen molar-refractivity contribution < 1.29 is 20.1 Å². The van der Waals surface area contributed by atoms with E-state index in [1.165, 1.54) is 12.1 Å². The first-order valence-electron chi connectivity index (χ1n) is 9.00. The fourth-order valence-electron chi connectivity index (χ4n) is 3.54. The summed E-state index contributed by atoms with van der Waals surface area (Å²) in [6.07, 6.45) is -5.63. The minimum absolute atomic E-state index is 0.116. The molecule has 0 saturated carbocycles. The molecule has 0 amide bonds. The van der Waals surface area contributed by atoms with Crippen molar-refractivity contribution in [2.45, 2.75) is 31.1 Å². The largest absolute Gasteiger partial charge is 0.394 e. The highest BCUT2D eigenvalue weighted by Gasteiger charge is 2.45. The molecule has 0 spiro atoms. The average molecular weight is 473 g/mol. The standard InChI is InChI=1S/C17H18Cl2N6O6/c18-7-2-1-6(3-8(7)19)4-23-10-13(22-16(20)25(21)14(10)29)24(17(23)30)15-12(28)11(27)9(5-26)31-15/h1-3,9,11-12,15,26-28H,4-5,21H2,(H2,20,22)/t9-,11-,12-,15-/m1/s1. The van der Waals surface area contributed by atoms with E-state index in [4.69, 9.17) is 39.5 Å². The number of aromatic nitrogens is 4. The van der Waals surface area contributed by atoms with Crippen molar-refractivity contribution in [3.63, 3.8) is 0 Å². The Morgan fingerprint density at radius 1 is 1.16 bits per heavy atom. The molecule has 3 heterocycles. The highest BCUT2D eigenvalue weighted by molar-refractivity contribution is 6.42. The van der Waals surface area contributed by atoms with Crippen LogP contribution >= 0.6 is 23.2 Å². The van der Waals surface area contributed by atoms with Gasteiger partial charge < -0.3 is 31.6 Å². The number of ether oxygens (including phenoxy) is 1. The number of aliphatic hydroxyl groups excluding tert-OH is 3. The molecule has 1 aliphatic rings. The zero-order valence-electron chi connectivity index (χ0n) is 15.7. The molecule has 0 unspecified atom stereocenters. The molecule has 3 aromatic rings. The highest BCUT2D eigenvalue weighted by atomic mass is 35.5. The van der Waals surface area contributed by atoms with Crippen molar-refractivity contribution in [1.29, 1.82) is 0 Å². The summed E-state index contributed by atoms with van der Waals surface area (Å²) >= 11 is 12.0. The van der Waals surface area contributed by atoms with Gasteiger partial charge in [0, 0.05) is 0 Å². The number of benzene rings is 1. The Balaban J connectivity index is 1.96. The monoisotopic (exact) mass is 472 g/mol. The zero-order valence-corrected chi connectivity index (χ0v) is 17.2. The Bertz CT molecular complexity index is 1290. The molecule has 166 valence electrons. The fraction of sp³-hybridized carbons (Fsp3) is 0.353. The Kier molecular flexibility index (Phi) is 5.45. The van der Waals surface area contributed by atoms with Crippen molar-refractivity contribution in [3.8, 4) is 0 Å². The van der Waals surface area contributed by atoms with Crippen molar-refractivity contribution >= 4 is 40.3 Å². The maximum absolute atomic E-state index is 13.3. The zero-order chi connectivity index (χ0) is 22.6. The second kappa shape index (κ2) is 7.82. The van der Waals surface area contributed by atoms with Gasteiger partial charge in [-0.1, -0.05) is 29.3 Å². The Labute approximate surface area is 183 Å². The van der Waals surface area contributed by atoms with Crippen LogP contribution in [-0.4, -0.2) is 59.0 Å². The van der Waals surface area contributed by atoms with Crippen LogP contribution in [0.4, 0.5) is 5.95 Å². The topological polar surface area (TPSA) is 184 Å². The number of fused-ring (bicyclic) bond motifs is 1. The summed E-state index contributed by atoms with van der Waals surface area (Å²) in [5.74, 6) is 5.28. The van der Waals surface area contributed by atoms with E-state index in [2.05, 4.69) is 4.98 Å². The highest BCUT2D eigenvalue weighted by Crippen LogP contribution is 2.30. The van der Waals surface area contributed by atoms with E-state index in [0.717, 1.165) is 9.13 Å². The normalized spacial score (nSPS) is 23.6. The lowest BCUT2D eigenvalue weighted by Crippen LogP contribution is -2.36. The second-order valence-electron chi connectivity index (χ2n) is 7.03. The predicted octanol–water partition coefficient (Wildman–Crippen LogP) is -1.38. The molecular weight excluding hydrogens is 455 g/mol. The van der Waals surface area contributed by atoms with Crippen LogP contribution in [0, 0.1) is 0 Å². The molecule has 12 nitrogen and oxygen atoms in total. The Morgan fingerprint density at radius 3 is 2.48 bits per heavy atom. The van der Waals surface area contributed by atoms with Crippen LogP contribution in [0.3, 0.4) is 0 Å². The first-order chi connectivity index (χ1) is 14.6. The molecule has 7 N–H and O–H groups in total. The quantitative estimate of drug-likeness (QED) is 0.285. The third-order valence-corrected chi connectivity index (χ3v) is 5.87. The first kappa shape index (κ1) is 21.6. The smallest absolute Gasteiger partial charge is 0.333 e. The Morgan fingerprint density at radius 2 is 1.87 bits per heavy atom. The van der Waals surface area contributed by atoms with Gasteiger partial charge in [-0.25, -0.2) is 9.36 Å². The van der Waals surface area contributed by atoms with Crippen LogP contribution in [0.25, 0.3) is 11.2 Å². The van der Waals surface area contributed by atoms with Crippen molar-refractivity contribution in [3.05, 3.63) is 54.6 Å². The molecular formula is C17H18Cl2N6O6. The molecule has 4 atom stereocenters.